The van der Waals surface area contributed by atoms with Crippen LogP contribution in [0.1, 0.15) is 46.5 Å². The summed E-state index contributed by atoms with van der Waals surface area (Å²) in [5.74, 6) is 0. The molecule has 0 saturated heterocycles. The summed E-state index contributed by atoms with van der Waals surface area (Å²) in [6.07, 6.45) is 2.83. The maximum Gasteiger partial charge on any atom is 0.407 e. The summed E-state index contributed by atoms with van der Waals surface area (Å²) in [6.45, 7) is 5.47. The van der Waals surface area contributed by atoms with Gasteiger partial charge in [-0.3, -0.25) is 0 Å². The molecule has 1 saturated carbocycles. The van der Waals surface area contributed by atoms with E-state index >= 15 is 0 Å². The first-order chi connectivity index (χ1) is 6.88. The quantitative estimate of drug-likeness (QED) is 0.701. The molecule has 0 bridgehead atoms. The van der Waals surface area contributed by atoms with Crippen LogP contribution in [-0.2, 0) is 4.74 Å². The third-order valence-corrected chi connectivity index (χ3v) is 2.43. The zero-order valence-electron chi connectivity index (χ0n) is 9.75. The van der Waals surface area contributed by atoms with Gasteiger partial charge in [0.2, 0.25) is 0 Å². The number of nitrogens with one attached hydrogen (secondary N) is 1. The molecular formula is C11H21NO3. The molecule has 4 nitrogen and oxygen atoms in total. The number of aliphatic hydroxyl groups is 1. The van der Waals surface area contributed by atoms with Gasteiger partial charge in [-0.25, -0.2) is 4.79 Å². The van der Waals surface area contributed by atoms with Gasteiger partial charge in [0.25, 0.3) is 0 Å². The average Bonchev–Trinajstić information content (AvgIpc) is 2.05. The normalized spacial score (nSPS) is 27.2. The fourth-order valence-electron chi connectivity index (χ4n) is 1.74. The Labute approximate surface area is 91.0 Å². The Kier molecular flexibility index (Phi) is 3.97. The van der Waals surface area contributed by atoms with Crippen LogP contribution in [0.25, 0.3) is 0 Å². The number of hydrogen-bond acceptors (Lipinski definition) is 3. The zero-order chi connectivity index (χ0) is 11.5. The molecule has 2 atom stereocenters. The standard InChI is InChI=1S/C11H21NO3/c1-11(2,3)15-10(14)12-8-6-4-5-7-9(8)13/h8-9,13H,4-7H2,1-3H3,(H,12,14)/t8-,9+/m0/s1. The summed E-state index contributed by atoms with van der Waals surface area (Å²) in [5.41, 5.74) is -0.482. The number of hydrogen-bond donors (Lipinski definition) is 2. The van der Waals surface area contributed by atoms with Crippen molar-refractivity contribution >= 4 is 6.09 Å². The van der Waals surface area contributed by atoms with Crippen molar-refractivity contribution in [1.82, 2.24) is 5.32 Å². The second-order valence-electron chi connectivity index (χ2n) is 5.10. The van der Waals surface area contributed by atoms with Crippen LogP contribution in [-0.4, -0.2) is 28.9 Å². The number of rotatable bonds is 1. The number of carbonyl (C=O) groups is 1. The first-order valence-corrected chi connectivity index (χ1v) is 5.56. The molecule has 1 aliphatic rings. The lowest BCUT2D eigenvalue weighted by atomic mass is 9.93. The van der Waals surface area contributed by atoms with Gasteiger partial charge >= 0.3 is 6.09 Å². The van der Waals surface area contributed by atoms with Crippen LogP contribution in [0.2, 0.25) is 0 Å². The van der Waals surface area contributed by atoms with E-state index in [2.05, 4.69) is 5.32 Å². The largest absolute Gasteiger partial charge is 0.444 e. The Balaban J connectivity index is 2.36. The van der Waals surface area contributed by atoms with E-state index in [9.17, 15) is 9.90 Å². The average molecular weight is 215 g/mol. The van der Waals surface area contributed by atoms with Gasteiger partial charge in [0, 0.05) is 0 Å². The van der Waals surface area contributed by atoms with Crippen molar-refractivity contribution in [2.45, 2.75) is 64.2 Å². The molecule has 1 aliphatic carbocycles. The van der Waals surface area contributed by atoms with Gasteiger partial charge in [-0.2, -0.15) is 0 Å². The summed E-state index contributed by atoms with van der Waals surface area (Å²) in [7, 11) is 0. The van der Waals surface area contributed by atoms with E-state index in [-0.39, 0.29) is 6.04 Å². The first kappa shape index (κ1) is 12.3. The molecule has 0 spiro atoms. The SMILES string of the molecule is CC(C)(C)OC(=O)N[C@H]1CCCC[C@H]1O. The highest BCUT2D eigenvalue weighted by atomic mass is 16.6. The smallest absolute Gasteiger partial charge is 0.407 e. The highest BCUT2D eigenvalue weighted by molar-refractivity contribution is 5.68. The molecule has 0 aliphatic heterocycles. The second kappa shape index (κ2) is 4.84. The van der Waals surface area contributed by atoms with Crippen molar-refractivity contribution in [1.29, 1.82) is 0 Å². The number of amides is 1. The molecule has 15 heavy (non-hydrogen) atoms. The van der Waals surface area contributed by atoms with E-state index in [0.29, 0.717) is 0 Å². The highest BCUT2D eigenvalue weighted by Crippen LogP contribution is 2.18. The van der Waals surface area contributed by atoms with Gasteiger partial charge in [-0.15, -0.1) is 0 Å². The fraction of sp³-hybridized carbons (Fsp3) is 0.909. The summed E-state index contributed by atoms with van der Waals surface area (Å²) < 4.78 is 5.13. The van der Waals surface area contributed by atoms with Crippen LogP contribution in [0.5, 0.6) is 0 Å². The molecule has 0 aromatic rings. The minimum absolute atomic E-state index is 0.145. The maximum absolute atomic E-state index is 11.4. The second-order valence-corrected chi connectivity index (χ2v) is 5.10. The molecule has 1 amide bonds. The summed E-state index contributed by atoms with van der Waals surface area (Å²) in [6, 6.07) is -0.145. The molecule has 0 aromatic heterocycles. The van der Waals surface area contributed by atoms with E-state index in [1.807, 2.05) is 20.8 Å². The molecule has 4 heteroatoms. The molecule has 0 unspecified atom stereocenters. The van der Waals surface area contributed by atoms with Crippen LogP contribution in [0.4, 0.5) is 4.79 Å². The Morgan fingerprint density at radius 3 is 2.47 bits per heavy atom. The van der Waals surface area contributed by atoms with Gasteiger partial charge in [-0.05, 0) is 33.6 Å². The van der Waals surface area contributed by atoms with Crippen molar-refractivity contribution in [2.75, 3.05) is 0 Å². The minimum atomic E-state index is -0.482. The van der Waals surface area contributed by atoms with Crippen molar-refractivity contribution < 1.29 is 14.6 Å². The van der Waals surface area contributed by atoms with Gasteiger partial charge < -0.3 is 15.2 Å². The molecule has 0 radical (unpaired) electrons. The van der Waals surface area contributed by atoms with E-state index < -0.39 is 17.8 Å². The number of aliphatic hydroxyl groups excluding tert-OH is 1. The molecular weight excluding hydrogens is 194 g/mol. The highest BCUT2D eigenvalue weighted by Gasteiger charge is 2.26. The summed E-state index contributed by atoms with van der Waals surface area (Å²) >= 11 is 0. The fourth-order valence-corrected chi connectivity index (χ4v) is 1.74. The number of carbonyl (C=O) groups excluding carboxylic acids is 1. The first-order valence-electron chi connectivity index (χ1n) is 5.56. The van der Waals surface area contributed by atoms with Crippen LogP contribution < -0.4 is 5.32 Å². The van der Waals surface area contributed by atoms with Gasteiger partial charge in [0.15, 0.2) is 0 Å². The lowest BCUT2D eigenvalue weighted by molar-refractivity contribution is 0.0363. The molecule has 1 rings (SSSR count). The predicted molar refractivity (Wildman–Crippen MR) is 57.6 cm³/mol. The Morgan fingerprint density at radius 2 is 1.93 bits per heavy atom. The Hall–Kier alpha value is -0.770. The maximum atomic E-state index is 11.4. The molecule has 2 N–H and O–H groups in total. The van der Waals surface area contributed by atoms with Gasteiger partial charge in [-0.1, -0.05) is 12.8 Å². The summed E-state index contributed by atoms with van der Waals surface area (Å²) in [4.78, 5) is 11.4. The third-order valence-electron chi connectivity index (χ3n) is 2.43. The molecule has 1 fully saturated rings. The van der Waals surface area contributed by atoms with Crippen LogP contribution in [0, 0.1) is 0 Å². The molecule has 0 heterocycles. The van der Waals surface area contributed by atoms with E-state index in [1.165, 1.54) is 0 Å². The van der Waals surface area contributed by atoms with E-state index in [0.717, 1.165) is 25.7 Å². The van der Waals surface area contributed by atoms with Crippen molar-refractivity contribution in [3.05, 3.63) is 0 Å². The zero-order valence-corrected chi connectivity index (χ0v) is 9.75. The Bertz CT molecular complexity index is 222. The lowest BCUT2D eigenvalue weighted by Gasteiger charge is -2.29. The topological polar surface area (TPSA) is 58.6 Å². The Morgan fingerprint density at radius 1 is 1.33 bits per heavy atom. The van der Waals surface area contributed by atoms with Crippen molar-refractivity contribution in [3.8, 4) is 0 Å². The van der Waals surface area contributed by atoms with Crippen LogP contribution in [0.15, 0.2) is 0 Å². The van der Waals surface area contributed by atoms with Crippen molar-refractivity contribution in [2.24, 2.45) is 0 Å². The molecule has 88 valence electrons. The molecule has 0 aromatic carbocycles. The minimum Gasteiger partial charge on any atom is -0.444 e. The summed E-state index contributed by atoms with van der Waals surface area (Å²) in [5, 5.41) is 12.4. The number of alkyl carbamates (subject to hydrolysis) is 1. The predicted octanol–water partition coefficient (Wildman–Crippen LogP) is 1.81. The van der Waals surface area contributed by atoms with Crippen molar-refractivity contribution in [3.63, 3.8) is 0 Å². The van der Waals surface area contributed by atoms with Crippen LogP contribution >= 0.6 is 0 Å². The monoisotopic (exact) mass is 215 g/mol. The van der Waals surface area contributed by atoms with Gasteiger partial charge in [0.1, 0.15) is 5.60 Å². The van der Waals surface area contributed by atoms with Gasteiger partial charge in [0.05, 0.1) is 12.1 Å². The third kappa shape index (κ3) is 4.51. The van der Waals surface area contributed by atoms with E-state index in [1.54, 1.807) is 0 Å². The lowest BCUT2D eigenvalue weighted by Crippen LogP contribution is -2.46. The number of ether oxygens (including phenoxy) is 1. The van der Waals surface area contributed by atoms with Crippen LogP contribution in [0.3, 0.4) is 0 Å². The van der Waals surface area contributed by atoms with E-state index in [4.69, 9.17) is 4.74 Å².